The molecule has 6 nitrogen and oxygen atoms in total. The first-order valence-electron chi connectivity index (χ1n) is 10.4. The van der Waals surface area contributed by atoms with Gasteiger partial charge in [-0.05, 0) is 61.2 Å². The lowest BCUT2D eigenvalue weighted by atomic mass is 10.1. The molecule has 0 saturated carbocycles. The molecule has 1 amide bonds. The van der Waals surface area contributed by atoms with Crippen LogP contribution in [0.1, 0.15) is 23.6 Å². The average molecular weight is 458 g/mol. The molecule has 0 aromatic heterocycles. The molecule has 0 spiro atoms. The van der Waals surface area contributed by atoms with E-state index in [2.05, 4.69) is 12.2 Å². The summed E-state index contributed by atoms with van der Waals surface area (Å²) >= 11 is 1.47. The van der Waals surface area contributed by atoms with Gasteiger partial charge in [-0.1, -0.05) is 36.9 Å². The van der Waals surface area contributed by atoms with Gasteiger partial charge in [-0.2, -0.15) is 0 Å². The summed E-state index contributed by atoms with van der Waals surface area (Å²) in [5.41, 5.74) is 5.16. The Morgan fingerprint density at radius 1 is 1.13 bits per heavy atom. The molecule has 4 rings (SSSR count). The number of thioether (sulfide) groups is 1. The molecule has 2 heterocycles. The molecule has 0 aliphatic carbocycles. The number of aryl methyl sites for hydroxylation is 3. The number of benzene rings is 2. The van der Waals surface area contributed by atoms with Crippen LogP contribution in [0, 0.1) is 13.8 Å². The molecular weight excluding hydrogens is 430 g/mol. The third-order valence-corrected chi connectivity index (χ3v) is 9.03. The first kappa shape index (κ1) is 21.9. The quantitative estimate of drug-likeness (QED) is 0.743. The summed E-state index contributed by atoms with van der Waals surface area (Å²) in [5.74, 6) is 0.0900. The number of hydrogen-bond acceptors (Lipinski definition) is 6. The van der Waals surface area contributed by atoms with E-state index in [0.717, 1.165) is 23.4 Å². The van der Waals surface area contributed by atoms with Crippen molar-refractivity contribution in [2.45, 2.75) is 38.5 Å². The number of carbonyl (C=O) groups excluding carboxylic acids is 1. The standard InChI is InChI=1S/C23H27N3O3S2/c1-4-17-6-8-18(9-7-17)24-22(27)12-26(19-10-5-15(2)16(3)11-19)23-25-20-13-31(28,29)14-21(20)30-23/h5-11,20-21H,4,12-14H2,1-3H3,(H,24,27)/t20-,21+/m0/s1. The zero-order chi connectivity index (χ0) is 22.2. The highest BCUT2D eigenvalue weighted by molar-refractivity contribution is 8.15. The molecule has 0 radical (unpaired) electrons. The number of anilines is 2. The molecule has 1 fully saturated rings. The van der Waals surface area contributed by atoms with Crippen molar-refractivity contribution >= 4 is 44.0 Å². The third kappa shape index (κ3) is 4.96. The lowest BCUT2D eigenvalue weighted by Gasteiger charge is -2.25. The Morgan fingerprint density at radius 3 is 2.52 bits per heavy atom. The maximum Gasteiger partial charge on any atom is 0.244 e. The smallest absolute Gasteiger partial charge is 0.244 e. The van der Waals surface area contributed by atoms with E-state index in [1.807, 2.05) is 61.2 Å². The van der Waals surface area contributed by atoms with Crippen molar-refractivity contribution in [2.24, 2.45) is 4.99 Å². The molecule has 2 atom stereocenters. The minimum atomic E-state index is -3.03. The van der Waals surface area contributed by atoms with Crippen LogP contribution in [0.3, 0.4) is 0 Å². The number of rotatable bonds is 5. The van der Waals surface area contributed by atoms with Gasteiger partial charge in [0.05, 0.1) is 17.5 Å². The minimum absolute atomic E-state index is 0.0707. The summed E-state index contributed by atoms with van der Waals surface area (Å²) in [6.45, 7) is 6.29. The second kappa shape index (κ2) is 8.67. The number of sulfone groups is 1. The Hall–Kier alpha value is -2.32. The van der Waals surface area contributed by atoms with Gasteiger partial charge in [0.1, 0.15) is 6.54 Å². The highest BCUT2D eigenvalue weighted by Gasteiger charge is 2.44. The van der Waals surface area contributed by atoms with E-state index in [4.69, 9.17) is 4.99 Å². The topological polar surface area (TPSA) is 78.8 Å². The van der Waals surface area contributed by atoms with Gasteiger partial charge < -0.3 is 10.2 Å². The van der Waals surface area contributed by atoms with Crippen LogP contribution in [0.5, 0.6) is 0 Å². The van der Waals surface area contributed by atoms with Crippen LogP contribution < -0.4 is 10.2 Å². The van der Waals surface area contributed by atoms with Crippen molar-refractivity contribution in [3.8, 4) is 0 Å². The molecule has 2 aliphatic heterocycles. The van der Waals surface area contributed by atoms with E-state index >= 15 is 0 Å². The van der Waals surface area contributed by atoms with Crippen LogP contribution in [-0.4, -0.2) is 48.8 Å². The van der Waals surface area contributed by atoms with Gasteiger partial charge in [0.25, 0.3) is 0 Å². The summed E-state index contributed by atoms with van der Waals surface area (Å²) < 4.78 is 23.9. The molecular formula is C23H27N3O3S2. The van der Waals surface area contributed by atoms with Gasteiger partial charge in [-0.25, -0.2) is 8.42 Å². The van der Waals surface area contributed by atoms with Crippen LogP contribution in [0.2, 0.25) is 0 Å². The second-order valence-electron chi connectivity index (χ2n) is 8.17. The maximum atomic E-state index is 12.9. The normalized spacial score (nSPS) is 21.5. The number of nitrogens with one attached hydrogen (secondary N) is 1. The van der Waals surface area contributed by atoms with Crippen LogP contribution in [0.15, 0.2) is 47.5 Å². The molecule has 0 unspecified atom stereocenters. The molecule has 164 valence electrons. The number of hydrogen-bond donors (Lipinski definition) is 1. The molecule has 2 aliphatic rings. The van der Waals surface area contributed by atoms with E-state index in [9.17, 15) is 13.2 Å². The third-order valence-electron chi connectivity index (χ3n) is 5.79. The number of nitrogens with zero attached hydrogens (tertiary/aromatic N) is 2. The van der Waals surface area contributed by atoms with E-state index in [1.165, 1.54) is 22.9 Å². The Bertz CT molecular complexity index is 1130. The van der Waals surface area contributed by atoms with Crippen molar-refractivity contribution in [2.75, 3.05) is 28.3 Å². The summed E-state index contributed by atoms with van der Waals surface area (Å²) in [7, 11) is -3.03. The highest BCUT2D eigenvalue weighted by Crippen LogP contribution is 2.37. The van der Waals surface area contributed by atoms with Gasteiger partial charge in [-0.15, -0.1) is 0 Å². The van der Waals surface area contributed by atoms with Crippen LogP contribution in [0.4, 0.5) is 11.4 Å². The van der Waals surface area contributed by atoms with Crippen LogP contribution >= 0.6 is 11.8 Å². The van der Waals surface area contributed by atoms with Gasteiger partial charge in [0.2, 0.25) is 5.91 Å². The monoisotopic (exact) mass is 457 g/mol. The second-order valence-corrected chi connectivity index (χ2v) is 11.5. The summed E-state index contributed by atoms with van der Waals surface area (Å²) in [4.78, 5) is 19.5. The van der Waals surface area contributed by atoms with Gasteiger partial charge in [0, 0.05) is 16.6 Å². The fourth-order valence-electron chi connectivity index (χ4n) is 3.80. The van der Waals surface area contributed by atoms with E-state index in [1.54, 1.807) is 0 Å². The fourth-order valence-corrected chi connectivity index (χ4v) is 7.58. The lowest BCUT2D eigenvalue weighted by Crippen LogP contribution is -2.36. The van der Waals surface area contributed by atoms with Gasteiger partial charge in [0.15, 0.2) is 15.0 Å². The SMILES string of the molecule is CCc1ccc(NC(=O)CN(C2=N[C@H]3CS(=O)(=O)C[C@H]3S2)c2ccc(C)c(C)c2)cc1. The predicted octanol–water partition coefficient (Wildman–Crippen LogP) is 3.58. The zero-order valence-electron chi connectivity index (χ0n) is 18.0. The molecule has 8 heteroatoms. The Balaban J connectivity index is 1.57. The van der Waals surface area contributed by atoms with Crippen molar-refractivity contribution < 1.29 is 13.2 Å². The Labute approximate surface area is 188 Å². The van der Waals surface area contributed by atoms with E-state index < -0.39 is 9.84 Å². The van der Waals surface area contributed by atoms with E-state index in [-0.39, 0.29) is 35.2 Å². The lowest BCUT2D eigenvalue weighted by molar-refractivity contribution is -0.114. The van der Waals surface area contributed by atoms with Crippen molar-refractivity contribution in [1.82, 2.24) is 0 Å². The number of aliphatic imine (C=N–C) groups is 1. The molecule has 0 bridgehead atoms. The number of carbonyl (C=O) groups is 1. The van der Waals surface area contributed by atoms with Gasteiger partial charge in [-0.3, -0.25) is 9.79 Å². The molecule has 1 saturated heterocycles. The largest absolute Gasteiger partial charge is 0.325 e. The Morgan fingerprint density at radius 2 is 1.87 bits per heavy atom. The minimum Gasteiger partial charge on any atom is -0.325 e. The first-order chi connectivity index (χ1) is 14.7. The van der Waals surface area contributed by atoms with Crippen LogP contribution in [-0.2, 0) is 21.1 Å². The highest BCUT2D eigenvalue weighted by atomic mass is 32.2. The average Bonchev–Trinajstić information content (AvgIpc) is 3.22. The molecule has 31 heavy (non-hydrogen) atoms. The first-order valence-corrected chi connectivity index (χ1v) is 13.1. The number of amides is 1. The van der Waals surface area contributed by atoms with Crippen molar-refractivity contribution in [1.29, 1.82) is 0 Å². The zero-order valence-corrected chi connectivity index (χ0v) is 19.6. The number of amidine groups is 1. The molecule has 2 aromatic rings. The van der Waals surface area contributed by atoms with Crippen molar-refractivity contribution in [3.63, 3.8) is 0 Å². The van der Waals surface area contributed by atoms with Crippen molar-refractivity contribution in [3.05, 3.63) is 59.2 Å². The maximum absolute atomic E-state index is 12.9. The van der Waals surface area contributed by atoms with Gasteiger partial charge >= 0.3 is 0 Å². The Kier molecular flexibility index (Phi) is 6.12. The predicted molar refractivity (Wildman–Crippen MR) is 129 cm³/mol. The van der Waals surface area contributed by atoms with Crippen LogP contribution in [0.25, 0.3) is 0 Å². The fraction of sp³-hybridized carbons (Fsp3) is 0.391. The molecule has 1 N–H and O–H groups in total. The number of fused-ring (bicyclic) bond motifs is 1. The molecule has 2 aromatic carbocycles. The summed E-state index contributed by atoms with van der Waals surface area (Å²) in [6.07, 6.45) is 0.948. The summed E-state index contributed by atoms with van der Waals surface area (Å²) in [6, 6.07) is 13.7. The van der Waals surface area contributed by atoms with E-state index in [0.29, 0.717) is 5.17 Å². The summed E-state index contributed by atoms with van der Waals surface area (Å²) in [5, 5.41) is 3.61.